The van der Waals surface area contributed by atoms with Crippen molar-refractivity contribution in [2.24, 2.45) is 0 Å². The molecule has 0 saturated heterocycles. The van der Waals surface area contributed by atoms with Gasteiger partial charge in [0.05, 0.1) is 5.56 Å². The van der Waals surface area contributed by atoms with Crippen LogP contribution in [0.2, 0.25) is 0 Å². The van der Waals surface area contributed by atoms with Gasteiger partial charge in [-0.2, -0.15) is 0 Å². The zero-order valence-corrected chi connectivity index (χ0v) is 9.51. The molecule has 2 rings (SSSR count). The van der Waals surface area contributed by atoms with Gasteiger partial charge in [-0.15, -0.1) is 0 Å². The van der Waals surface area contributed by atoms with Crippen molar-refractivity contribution in [3.8, 4) is 11.1 Å². The number of carbonyl (C=O) groups is 1. The lowest BCUT2D eigenvalue weighted by molar-refractivity contribution is 0.101. The van der Waals surface area contributed by atoms with E-state index in [4.69, 9.17) is 0 Å². The van der Waals surface area contributed by atoms with Gasteiger partial charge in [0.15, 0.2) is 17.4 Å². The predicted molar refractivity (Wildman–Crippen MR) is 61.8 cm³/mol. The Morgan fingerprint density at radius 1 is 1.00 bits per heavy atom. The van der Waals surface area contributed by atoms with E-state index in [1.807, 2.05) is 0 Å². The van der Waals surface area contributed by atoms with E-state index in [1.165, 1.54) is 31.2 Å². The van der Waals surface area contributed by atoms with E-state index in [0.717, 1.165) is 12.1 Å². The zero-order valence-electron chi connectivity index (χ0n) is 9.51. The van der Waals surface area contributed by atoms with Crippen molar-refractivity contribution >= 4 is 5.78 Å². The van der Waals surface area contributed by atoms with Gasteiger partial charge < -0.3 is 0 Å². The number of Topliss-reactive ketones (excluding diaryl/α,β-unsaturated/α-hetero) is 1. The van der Waals surface area contributed by atoms with E-state index in [-0.39, 0.29) is 16.7 Å². The Balaban J connectivity index is 2.62. The molecule has 4 heteroatoms. The van der Waals surface area contributed by atoms with Crippen molar-refractivity contribution in [2.75, 3.05) is 0 Å². The molecular formula is C14H9F3O. The third-order valence-corrected chi connectivity index (χ3v) is 2.61. The maximum Gasteiger partial charge on any atom is 0.166 e. The molecular weight excluding hydrogens is 241 g/mol. The Kier molecular flexibility index (Phi) is 3.19. The quantitative estimate of drug-likeness (QED) is 0.737. The van der Waals surface area contributed by atoms with Crippen LogP contribution in [0.3, 0.4) is 0 Å². The van der Waals surface area contributed by atoms with Crippen molar-refractivity contribution in [1.29, 1.82) is 0 Å². The van der Waals surface area contributed by atoms with Crippen LogP contribution < -0.4 is 0 Å². The Bertz CT molecular complexity index is 620. The molecule has 0 fully saturated rings. The monoisotopic (exact) mass is 250 g/mol. The SMILES string of the molecule is CC(=O)c1cc(-c2cccc(F)c2F)ccc1F. The van der Waals surface area contributed by atoms with Gasteiger partial charge in [0.25, 0.3) is 0 Å². The molecule has 18 heavy (non-hydrogen) atoms. The molecule has 0 aliphatic carbocycles. The first-order valence-electron chi connectivity index (χ1n) is 5.25. The summed E-state index contributed by atoms with van der Waals surface area (Å²) >= 11 is 0. The fourth-order valence-electron chi connectivity index (χ4n) is 1.69. The lowest BCUT2D eigenvalue weighted by Gasteiger charge is -2.06. The average molecular weight is 250 g/mol. The van der Waals surface area contributed by atoms with E-state index in [0.29, 0.717) is 0 Å². The molecule has 0 aliphatic heterocycles. The van der Waals surface area contributed by atoms with E-state index >= 15 is 0 Å². The highest BCUT2D eigenvalue weighted by Crippen LogP contribution is 2.26. The Morgan fingerprint density at radius 2 is 1.72 bits per heavy atom. The second-order valence-electron chi connectivity index (χ2n) is 3.85. The minimum atomic E-state index is -1.02. The number of hydrogen-bond donors (Lipinski definition) is 0. The van der Waals surface area contributed by atoms with Crippen LogP contribution in [0.25, 0.3) is 11.1 Å². The largest absolute Gasteiger partial charge is 0.294 e. The second kappa shape index (κ2) is 4.64. The van der Waals surface area contributed by atoms with Gasteiger partial charge in [0.2, 0.25) is 0 Å². The highest BCUT2D eigenvalue weighted by Gasteiger charge is 2.13. The first-order chi connectivity index (χ1) is 8.50. The summed E-state index contributed by atoms with van der Waals surface area (Å²) in [7, 11) is 0. The third kappa shape index (κ3) is 2.14. The first-order valence-corrected chi connectivity index (χ1v) is 5.25. The Hall–Kier alpha value is -2.10. The normalized spacial score (nSPS) is 10.4. The fraction of sp³-hybridized carbons (Fsp3) is 0.0714. The van der Waals surface area contributed by atoms with Crippen LogP contribution >= 0.6 is 0 Å². The molecule has 0 saturated carbocycles. The summed E-state index contributed by atoms with van der Waals surface area (Å²) < 4.78 is 40.0. The van der Waals surface area contributed by atoms with Crippen LogP contribution in [0.4, 0.5) is 13.2 Å². The van der Waals surface area contributed by atoms with E-state index in [1.54, 1.807) is 0 Å². The van der Waals surface area contributed by atoms with Gasteiger partial charge >= 0.3 is 0 Å². The molecule has 0 radical (unpaired) electrons. The topological polar surface area (TPSA) is 17.1 Å². The highest BCUT2D eigenvalue weighted by molar-refractivity contribution is 5.95. The lowest BCUT2D eigenvalue weighted by Crippen LogP contribution is -1.98. The van der Waals surface area contributed by atoms with Gasteiger partial charge in [0, 0.05) is 5.56 Å². The first kappa shape index (κ1) is 12.4. The number of benzene rings is 2. The predicted octanol–water partition coefficient (Wildman–Crippen LogP) is 3.97. The smallest absolute Gasteiger partial charge is 0.166 e. The molecule has 0 unspecified atom stereocenters. The molecule has 0 aliphatic rings. The molecule has 92 valence electrons. The van der Waals surface area contributed by atoms with Crippen LogP contribution in [0, 0.1) is 17.5 Å². The molecule has 0 bridgehead atoms. The van der Waals surface area contributed by atoms with Gasteiger partial charge in [-0.1, -0.05) is 18.2 Å². The molecule has 0 N–H and O–H groups in total. The van der Waals surface area contributed by atoms with Crippen molar-refractivity contribution in [2.45, 2.75) is 6.92 Å². The van der Waals surface area contributed by atoms with Crippen LogP contribution in [-0.4, -0.2) is 5.78 Å². The standard InChI is InChI=1S/C14H9F3O/c1-8(18)11-7-9(5-6-12(11)15)10-3-2-4-13(16)14(10)17/h2-7H,1H3. The van der Waals surface area contributed by atoms with E-state index in [9.17, 15) is 18.0 Å². The maximum absolute atomic E-state index is 13.6. The van der Waals surface area contributed by atoms with Crippen LogP contribution in [0.5, 0.6) is 0 Å². The van der Waals surface area contributed by atoms with Gasteiger partial charge in [-0.25, -0.2) is 13.2 Å². The number of hydrogen-bond acceptors (Lipinski definition) is 1. The van der Waals surface area contributed by atoms with Crippen molar-refractivity contribution < 1.29 is 18.0 Å². The zero-order chi connectivity index (χ0) is 13.3. The fourth-order valence-corrected chi connectivity index (χ4v) is 1.69. The molecule has 0 heterocycles. The summed E-state index contributed by atoms with van der Waals surface area (Å²) in [6, 6.07) is 7.31. The molecule has 0 aromatic heterocycles. The highest BCUT2D eigenvalue weighted by atomic mass is 19.2. The van der Waals surface area contributed by atoms with Crippen molar-refractivity contribution in [3.63, 3.8) is 0 Å². The average Bonchev–Trinajstić information content (AvgIpc) is 2.33. The number of carbonyl (C=O) groups excluding carboxylic acids is 1. The second-order valence-corrected chi connectivity index (χ2v) is 3.85. The number of halogens is 3. The molecule has 2 aromatic rings. The van der Waals surface area contributed by atoms with E-state index in [2.05, 4.69) is 0 Å². The molecule has 2 aromatic carbocycles. The van der Waals surface area contributed by atoms with Crippen molar-refractivity contribution in [1.82, 2.24) is 0 Å². The Morgan fingerprint density at radius 3 is 2.39 bits per heavy atom. The maximum atomic E-state index is 13.6. The summed E-state index contributed by atoms with van der Waals surface area (Å²) in [6.45, 7) is 1.21. The molecule has 1 nitrogen and oxygen atoms in total. The minimum Gasteiger partial charge on any atom is -0.294 e. The number of ketones is 1. The molecule has 0 spiro atoms. The van der Waals surface area contributed by atoms with Gasteiger partial charge in [0.1, 0.15) is 5.82 Å². The van der Waals surface area contributed by atoms with Gasteiger partial charge in [-0.05, 0) is 30.7 Å². The lowest BCUT2D eigenvalue weighted by atomic mass is 10.0. The molecule has 0 amide bonds. The Labute approximate surface area is 102 Å². The van der Waals surface area contributed by atoms with Crippen LogP contribution in [-0.2, 0) is 0 Å². The summed E-state index contributed by atoms with van der Waals surface area (Å²) in [4.78, 5) is 11.2. The van der Waals surface area contributed by atoms with Crippen LogP contribution in [0.15, 0.2) is 36.4 Å². The van der Waals surface area contributed by atoms with E-state index < -0.39 is 23.2 Å². The number of rotatable bonds is 2. The summed E-state index contributed by atoms with van der Waals surface area (Å²) in [5.74, 6) is -3.14. The third-order valence-electron chi connectivity index (χ3n) is 2.61. The van der Waals surface area contributed by atoms with Gasteiger partial charge in [-0.3, -0.25) is 4.79 Å². The summed E-state index contributed by atoms with van der Waals surface area (Å²) in [6.07, 6.45) is 0. The minimum absolute atomic E-state index is 0.00231. The summed E-state index contributed by atoms with van der Waals surface area (Å²) in [5, 5.41) is 0. The van der Waals surface area contributed by atoms with Crippen LogP contribution in [0.1, 0.15) is 17.3 Å². The summed E-state index contributed by atoms with van der Waals surface area (Å²) in [5.41, 5.74) is 0.118. The molecule has 0 atom stereocenters. The van der Waals surface area contributed by atoms with Crippen molar-refractivity contribution in [3.05, 3.63) is 59.4 Å².